The van der Waals surface area contributed by atoms with E-state index in [0.29, 0.717) is 6.54 Å². The molecule has 1 heterocycles. The molecule has 0 atom stereocenters. The van der Waals surface area contributed by atoms with Crippen LogP contribution in [0.25, 0.3) is 0 Å². The highest BCUT2D eigenvalue weighted by Crippen LogP contribution is 2.14. The molecule has 0 radical (unpaired) electrons. The van der Waals surface area contributed by atoms with E-state index in [1.807, 2.05) is 27.1 Å². The minimum absolute atomic E-state index is 0.480. The maximum Gasteiger partial charge on any atom is 0.118 e. The van der Waals surface area contributed by atoms with Crippen LogP contribution in [-0.4, -0.2) is 19.0 Å². The van der Waals surface area contributed by atoms with Crippen LogP contribution in [0.3, 0.4) is 0 Å². The van der Waals surface area contributed by atoms with Gasteiger partial charge in [0.1, 0.15) is 11.5 Å². The lowest BCUT2D eigenvalue weighted by atomic mass is 10.2. The van der Waals surface area contributed by atoms with Crippen LogP contribution >= 0.6 is 0 Å². The normalized spacial score (nSPS) is 11.1. The van der Waals surface area contributed by atoms with Crippen LogP contribution in [0, 0.1) is 6.92 Å². The minimum Gasteiger partial charge on any atom is -0.465 e. The zero-order valence-electron chi connectivity index (χ0n) is 7.92. The maximum absolute atomic E-state index is 5.46. The van der Waals surface area contributed by atoms with Gasteiger partial charge in [-0.25, -0.2) is 0 Å². The fourth-order valence-electron chi connectivity index (χ4n) is 1.19. The molecule has 2 N–H and O–H groups in total. The third-order valence-electron chi connectivity index (χ3n) is 1.76. The second-order valence-electron chi connectivity index (χ2n) is 3.24. The van der Waals surface area contributed by atoms with Crippen molar-refractivity contribution in [2.24, 2.45) is 5.73 Å². The molecule has 0 aromatic carbocycles. The zero-order valence-corrected chi connectivity index (χ0v) is 7.92. The second kappa shape index (κ2) is 3.74. The van der Waals surface area contributed by atoms with Crippen LogP contribution in [0.5, 0.6) is 0 Å². The molecule has 3 heteroatoms. The van der Waals surface area contributed by atoms with Crippen molar-refractivity contribution in [3.8, 4) is 0 Å². The van der Waals surface area contributed by atoms with Gasteiger partial charge in [0.25, 0.3) is 0 Å². The average molecular weight is 168 g/mol. The Bertz CT molecular complexity index is 253. The Hall–Kier alpha value is -0.800. The van der Waals surface area contributed by atoms with E-state index in [-0.39, 0.29) is 0 Å². The Morgan fingerprint density at radius 3 is 2.58 bits per heavy atom. The predicted octanol–water partition coefficient (Wildman–Crippen LogP) is 1.11. The van der Waals surface area contributed by atoms with Crippen molar-refractivity contribution in [2.75, 3.05) is 14.1 Å². The summed E-state index contributed by atoms with van der Waals surface area (Å²) >= 11 is 0. The van der Waals surface area contributed by atoms with Gasteiger partial charge in [-0.1, -0.05) is 0 Å². The molecule has 0 fully saturated rings. The lowest BCUT2D eigenvalue weighted by molar-refractivity contribution is 0.395. The molecule has 1 rings (SSSR count). The van der Waals surface area contributed by atoms with E-state index in [1.165, 1.54) is 5.56 Å². The molecule has 0 aliphatic carbocycles. The van der Waals surface area contributed by atoms with Crippen LogP contribution < -0.4 is 5.73 Å². The van der Waals surface area contributed by atoms with Crippen LogP contribution in [0.2, 0.25) is 0 Å². The molecule has 0 saturated carbocycles. The van der Waals surface area contributed by atoms with Crippen molar-refractivity contribution in [3.05, 3.63) is 23.2 Å². The molecule has 0 bridgehead atoms. The fourth-order valence-corrected chi connectivity index (χ4v) is 1.19. The standard InChI is InChI=1S/C9H16N2O/c1-7-8(6-11(2)3)4-9(5-10)12-7/h4H,5-6,10H2,1-3H3. The first-order valence-electron chi connectivity index (χ1n) is 4.06. The number of furan rings is 1. The molecule has 0 unspecified atom stereocenters. The molecule has 0 aliphatic rings. The Balaban J connectivity index is 2.77. The lowest BCUT2D eigenvalue weighted by Gasteiger charge is -2.06. The first-order valence-corrected chi connectivity index (χ1v) is 4.06. The first-order chi connectivity index (χ1) is 5.63. The number of nitrogens with two attached hydrogens (primary N) is 1. The van der Waals surface area contributed by atoms with Crippen LogP contribution in [0.15, 0.2) is 10.5 Å². The lowest BCUT2D eigenvalue weighted by Crippen LogP contribution is -2.10. The van der Waals surface area contributed by atoms with E-state index in [0.717, 1.165) is 18.1 Å². The SMILES string of the molecule is Cc1oc(CN)cc1CN(C)C. The quantitative estimate of drug-likeness (QED) is 0.735. The van der Waals surface area contributed by atoms with Crippen LogP contribution in [0.4, 0.5) is 0 Å². The van der Waals surface area contributed by atoms with Gasteiger partial charge < -0.3 is 15.1 Å². The van der Waals surface area contributed by atoms with Crippen molar-refractivity contribution in [1.29, 1.82) is 0 Å². The summed E-state index contributed by atoms with van der Waals surface area (Å²) in [5, 5.41) is 0. The highest BCUT2D eigenvalue weighted by atomic mass is 16.3. The van der Waals surface area contributed by atoms with Gasteiger partial charge in [0.05, 0.1) is 6.54 Å². The van der Waals surface area contributed by atoms with Crippen LogP contribution in [0.1, 0.15) is 17.1 Å². The van der Waals surface area contributed by atoms with Gasteiger partial charge in [-0.3, -0.25) is 0 Å². The number of hydrogen-bond acceptors (Lipinski definition) is 3. The van der Waals surface area contributed by atoms with E-state index in [4.69, 9.17) is 10.2 Å². The zero-order chi connectivity index (χ0) is 9.14. The van der Waals surface area contributed by atoms with Crippen LogP contribution in [-0.2, 0) is 13.1 Å². The molecule has 0 aliphatic heterocycles. The van der Waals surface area contributed by atoms with Crippen molar-refractivity contribution in [2.45, 2.75) is 20.0 Å². The smallest absolute Gasteiger partial charge is 0.118 e. The largest absolute Gasteiger partial charge is 0.465 e. The Morgan fingerprint density at radius 1 is 1.50 bits per heavy atom. The molecule has 0 saturated heterocycles. The third-order valence-corrected chi connectivity index (χ3v) is 1.76. The monoisotopic (exact) mass is 168 g/mol. The molecule has 68 valence electrons. The molecular weight excluding hydrogens is 152 g/mol. The van der Waals surface area contributed by atoms with Crippen molar-refractivity contribution in [1.82, 2.24) is 4.90 Å². The number of rotatable bonds is 3. The summed E-state index contributed by atoms with van der Waals surface area (Å²) in [7, 11) is 4.07. The van der Waals surface area contributed by atoms with Gasteiger partial charge in [-0.15, -0.1) is 0 Å². The van der Waals surface area contributed by atoms with Crippen molar-refractivity contribution < 1.29 is 4.42 Å². The van der Waals surface area contributed by atoms with Gasteiger partial charge in [0.15, 0.2) is 0 Å². The van der Waals surface area contributed by atoms with E-state index in [9.17, 15) is 0 Å². The summed E-state index contributed by atoms with van der Waals surface area (Å²) in [6, 6.07) is 2.02. The Morgan fingerprint density at radius 2 is 2.17 bits per heavy atom. The Labute approximate surface area is 73.2 Å². The summed E-state index contributed by atoms with van der Waals surface area (Å²) in [6.45, 7) is 3.36. The van der Waals surface area contributed by atoms with Gasteiger partial charge in [-0.05, 0) is 27.1 Å². The summed E-state index contributed by atoms with van der Waals surface area (Å²) < 4.78 is 5.41. The molecule has 3 nitrogen and oxygen atoms in total. The highest BCUT2D eigenvalue weighted by Gasteiger charge is 2.06. The van der Waals surface area contributed by atoms with E-state index >= 15 is 0 Å². The molecular formula is C9H16N2O. The molecule has 0 spiro atoms. The topological polar surface area (TPSA) is 42.4 Å². The first kappa shape index (κ1) is 9.29. The third kappa shape index (κ3) is 2.09. The highest BCUT2D eigenvalue weighted by molar-refractivity contribution is 5.20. The fraction of sp³-hybridized carbons (Fsp3) is 0.556. The van der Waals surface area contributed by atoms with Gasteiger partial charge in [0, 0.05) is 12.1 Å². The minimum atomic E-state index is 0.480. The molecule has 1 aromatic heterocycles. The van der Waals surface area contributed by atoms with Crippen molar-refractivity contribution >= 4 is 0 Å². The maximum atomic E-state index is 5.46. The number of aryl methyl sites for hydroxylation is 1. The summed E-state index contributed by atoms with van der Waals surface area (Å²) in [6.07, 6.45) is 0. The Kier molecular flexibility index (Phi) is 2.89. The van der Waals surface area contributed by atoms with E-state index in [1.54, 1.807) is 0 Å². The summed E-state index contributed by atoms with van der Waals surface area (Å²) in [4.78, 5) is 2.11. The van der Waals surface area contributed by atoms with Crippen molar-refractivity contribution in [3.63, 3.8) is 0 Å². The second-order valence-corrected chi connectivity index (χ2v) is 3.24. The van der Waals surface area contributed by atoms with Gasteiger partial charge in [0.2, 0.25) is 0 Å². The van der Waals surface area contributed by atoms with E-state index in [2.05, 4.69) is 4.90 Å². The van der Waals surface area contributed by atoms with E-state index < -0.39 is 0 Å². The van der Waals surface area contributed by atoms with Gasteiger partial charge in [-0.2, -0.15) is 0 Å². The average Bonchev–Trinajstić information content (AvgIpc) is 2.31. The number of hydrogen-bond donors (Lipinski definition) is 1. The number of nitrogens with zero attached hydrogens (tertiary/aromatic N) is 1. The molecule has 12 heavy (non-hydrogen) atoms. The molecule has 1 aromatic rings. The van der Waals surface area contributed by atoms with Gasteiger partial charge >= 0.3 is 0 Å². The predicted molar refractivity (Wildman–Crippen MR) is 48.7 cm³/mol. The summed E-state index contributed by atoms with van der Waals surface area (Å²) in [5.41, 5.74) is 6.68. The summed E-state index contributed by atoms with van der Waals surface area (Å²) in [5.74, 6) is 1.84. The molecule has 0 amide bonds.